The average Bonchev–Trinajstić information content (AvgIpc) is 2.55. The second-order valence-corrected chi connectivity index (χ2v) is 6.23. The van der Waals surface area contributed by atoms with E-state index in [0.29, 0.717) is 17.7 Å². The summed E-state index contributed by atoms with van der Waals surface area (Å²) in [5.74, 6) is 0.633. The Morgan fingerprint density at radius 3 is 2.73 bits per heavy atom. The zero-order valence-corrected chi connectivity index (χ0v) is 13.3. The highest BCUT2D eigenvalue weighted by Gasteiger charge is 2.30. The van der Waals surface area contributed by atoms with E-state index >= 15 is 0 Å². The van der Waals surface area contributed by atoms with Crippen LogP contribution in [0.15, 0.2) is 12.4 Å². The van der Waals surface area contributed by atoms with Gasteiger partial charge in [-0.05, 0) is 19.4 Å². The quantitative estimate of drug-likeness (QED) is 0.891. The Morgan fingerprint density at radius 1 is 1.23 bits per heavy atom. The van der Waals surface area contributed by atoms with Crippen LogP contribution in [-0.4, -0.2) is 72.1 Å². The number of urea groups is 1. The topological polar surface area (TPSA) is 64.6 Å². The normalized spacial score (nSPS) is 22.1. The summed E-state index contributed by atoms with van der Waals surface area (Å²) in [5.41, 5.74) is 0.640. The van der Waals surface area contributed by atoms with E-state index in [1.807, 2.05) is 23.9 Å². The van der Waals surface area contributed by atoms with Gasteiger partial charge in [-0.3, -0.25) is 4.90 Å². The van der Waals surface area contributed by atoms with Gasteiger partial charge in [0.05, 0.1) is 18.1 Å². The van der Waals surface area contributed by atoms with E-state index in [1.54, 1.807) is 12.4 Å². The standard InChI is InChI=1S/C15H24N6O/c1-19(2)14-16-9-12(10-17-14)18-15(22)21-8-7-20-6-4-3-5-13(20)11-21/h9-10,13H,3-8,11H2,1-2H3,(H,18,22)/t13-/m0/s1. The van der Waals surface area contributed by atoms with Crippen molar-refractivity contribution in [1.82, 2.24) is 19.8 Å². The lowest BCUT2D eigenvalue weighted by molar-refractivity contribution is 0.0678. The van der Waals surface area contributed by atoms with Crippen LogP contribution in [0, 0.1) is 0 Å². The zero-order chi connectivity index (χ0) is 15.5. The Balaban J connectivity index is 1.57. The number of piperazine rings is 1. The van der Waals surface area contributed by atoms with Gasteiger partial charge in [0.15, 0.2) is 0 Å². The van der Waals surface area contributed by atoms with Crippen LogP contribution < -0.4 is 10.2 Å². The fourth-order valence-electron chi connectivity index (χ4n) is 3.16. The molecule has 0 aromatic carbocycles. The molecule has 22 heavy (non-hydrogen) atoms. The Morgan fingerprint density at radius 2 is 2.00 bits per heavy atom. The molecule has 0 bridgehead atoms. The maximum atomic E-state index is 12.4. The molecule has 1 atom stereocenters. The number of piperidine rings is 1. The SMILES string of the molecule is CN(C)c1ncc(NC(=O)N2CCN3CCCC[C@H]3C2)cn1. The van der Waals surface area contributed by atoms with E-state index in [1.165, 1.54) is 25.8 Å². The number of nitrogens with zero attached hydrogens (tertiary/aromatic N) is 5. The van der Waals surface area contributed by atoms with Gasteiger partial charge < -0.3 is 15.1 Å². The van der Waals surface area contributed by atoms with Gasteiger partial charge in [0, 0.05) is 39.8 Å². The number of amides is 2. The summed E-state index contributed by atoms with van der Waals surface area (Å²) in [4.78, 5) is 27.1. The highest BCUT2D eigenvalue weighted by molar-refractivity contribution is 5.89. The molecule has 120 valence electrons. The van der Waals surface area contributed by atoms with Crippen LogP contribution in [0.5, 0.6) is 0 Å². The van der Waals surface area contributed by atoms with E-state index in [2.05, 4.69) is 20.2 Å². The molecule has 3 heterocycles. The van der Waals surface area contributed by atoms with Crippen molar-refractivity contribution in [2.24, 2.45) is 0 Å². The first-order chi connectivity index (χ1) is 10.6. The third-order valence-electron chi connectivity index (χ3n) is 4.41. The number of fused-ring (bicyclic) bond motifs is 1. The lowest BCUT2D eigenvalue weighted by Gasteiger charge is -2.43. The van der Waals surface area contributed by atoms with Crippen molar-refractivity contribution >= 4 is 17.7 Å². The van der Waals surface area contributed by atoms with Crippen molar-refractivity contribution in [3.8, 4) is 0 Å². The summed E-state index contributed by atoms with van der Waals surface area (Å²) in [6.07, 6.45) is 7.06. The molecule has 0 radical (unpaired) electrons. The lowest BCUT2D eigenvalue weighted by atomic mass is 10.00. The molecule has 2 saturated heterocycles. The molecule has 3 rings (SSSR count). The summed E-state index contributed by atoms with van der Waals surface area (Å²) >= 11 is 0. The zero-order valence-electron chi connectivity index (χ0n) is 13.3. The molecule has 0 aliphatic carbocycles. The van der Waals surface area contributed by atoms with Crippen LogP contribution in [0.25, 0.3) is 0 Å². The molecule has 1 aromatic heterocycles. The number of hydrogen-bond donors (Lipinski definition) is 1. The van der Waals surface area contributed by atoms with Crippen LogP contribution in [0.2, 0.25) is 0 Å². The Labute approximate surface area is 131 Å². The largest absolute Gasteiger partial charge is 0.347 e. The Bertz CT molecular complexity index is 517. The molecule has 0 saturated carbocycles. The summed E-state index contributed by atoms with van der Waals surface area (Å²) in [6.45, 7) is 3.77. The number of aromatic nitrogens is 2. The van der Waals surface area contributed by atoms with Crippen molar-refractivity contribution in [2.75, 3.05) is 50.5 Å². The van der Waals surface area contributed by atoms with E-state index in [9.17, 15) is 4.79 Å². The summed E-state index contributed by atoms with van der Waals surface area (Å²) < 4.78 is 0. The third kappa shape index (κ3) is 3.30. The fraction of sp³-hybridized carbons (Fsp3) is 0.667. The van der Waals surface area contributed by atoms with E-state index in [4.69, 9.17) is 0 Å². The predicted molar refractivity (Wildman–Crippen MR) is 86.2 cm³/mol. The number of hydrogen-bond acceptors (Lipinski definition) is 5. The summed E-state index contributed by atoms with van der Waals surface area (Å²) in [5, 5.41) is 2.90. The van der Waals surface area contributed by atoms with Crippen molar-refractivity contribution < 1.29 is 4.79 Å². The number of rotatable bonds is 2. The molecule has 2 fully saturated rings. The molecular formula is C15H24N6O. The maximum Gasteiger partial charge on any atom is 0.322 e. The molecule has 1 N–H and O–H groups in total. The minimum Gasteiger partial charge on any atom is -0.347 e. The van der Waals surface area contributed by atoms with Crippen LogP contribution in [0.3, 0.4) is 0 Å². The maximum absolute atomic E-state index is 12.4. The minimum absolute atomic E-state index is 0.0496. The highest BCUT2D eigenvalue weighted by Crippen LogP contribution is 2.21. The van der Waals surface area contributed by atoms with Crippen LogP contribution in [0.1, 0.15) is 19.3 Å². The van der Waals surface area contributed by atoms with Crippen molar-refractivity contribution in [2.45, 2.75) is 25.3 Å². The van der Waals surface area contributed by atoms with E-state index < -0.39 is 0 Å². The van der Waals surface area contributed by atoms with Gasteiger partial charge in [-0.1, -0.05) is 6.42 Å². The smallest absolute Gasteiger partial charge is 0.322 e. The predicted octanol–water partition coefficient (Wildman–Crippen LogP) is 1.24. The first kappa shape index (κ1) is 15.0. The Kier molecular flexibility index (Phi) is 4.42. The van der Waals surface area contributed by atoms with Crippen LogP contribution in [-0.2, 0) is 0 Å². The van der Waals surface area contributed by atoms with E-state index in [-0.39, 0.29) is 6.03 Å². The molecule has 1 aromatic rings. The first-order valence-corrected chi connectivity index (χ1v) is 7.93. The summed E-state index contributed by atoms with van der Waals surface area (Å²) in [7, 11) is 3.77. The van der Waals surface area contributed by atoms with Gasteiger partial charge in [-0.2, -0.15) is 0 Å². The van der Waals surface area contributed by atoms with Gasteiger partial charge in [0.2, 0.25) is 5.95 Å². The molecule has 7 nitrogen and oxygen atoms in total. The van der Waals surface area contributed by atoms with Gasteiger partial charge >= 0.3 is 6.03 Å². The fourth-order valence-corrected chi connectivity index (χ4v) is 3.16. The monoisotopic (exact) mass is 304 g/mol. The molecule has 2 aliphatic rings. The van der Waals surface area contributed by atoms with E-state index in [0.717, 1.165) is 19.6 Å². The molecule has 0 unspecified atom stereocenters. The van der Waals surface area contributed by atoms with Gasteiger partial charge in [-0.25, -0.2) is 14.8 Å². The number of carbonyl (C=O) groups excluding carboxylic acids is 1. The first-order valence-electron chi connectivity index (χ1n) is 7.93. The molecule has 2 aliphatic heterocycles. The number of carbonyl (C=O) groups is 1. The van der Waals surface area contributed by atoms with Gasteiger partial charge in [0.1, 0.15) is 0 Å². The second-order valence-electron chi connectivity index (χ2n) is 6.23. The number of nitrogens with one attached hydrogen (secondary N) is 1. The third-order valence-corrected chi connectivity index (χ3v) is 4.41. The summed E-state index contributed by atoms with van der Waals surface area (Å²) in [6, 6.07) is 0.479. The van der Waals surface area contributed by atoms with Crippen LogP contribution in [0.4, 0.5) is 16.4 Å². The molecule has 0 spiro atoms. The van der Waals surface area contributed by atoms with Crippen molar-refractivity contribution in [1.29, 1.82) is 0 Å². The minimum atomic E-state index is -0.0496. The molecule has 7 heteroatoms. The van der Waals surface area contributed by atoms with Gasteiger partial charge in [-0.15, -0.1) is 0 Å². The molecular weight excluding hydrogens is 280 g/mol. The lowest BCUT2D eigenvalue weighted by Crippen LogP contribution is -2.56. The van der Waals surface area contributed by atoms with Crippen LogP contribution >= 0.6 is 0 Å². The van der Waals surface area contributed by atoms with Crippen molar-refractivity contribution in [3.63, 3.8) is 0 Å². The molecule has 2 amide bonds. The van der Waals surface area contributed by atoms with Gasteiger partial charge in [0.25, 0.3) is 0 Å². The highest BCUT2D eigenvalue weighted by atomic mass is 16.2. The Hall–Kier alpha value is -1.89. The average molecular weight is 304 g/mol. The van der Waals surface area contributed by atoms with Crippen molar-refractivity contribution in [3.05, 3.63) is 12.4 Å². The number of anilines is 2. The second kappa shape index (κ2) is 6.48.